The van der Waals surface area contributed by atoms with Crippen LogP contribution in [0.4, 0.5) is 5.95 Å². The lowest BCUT2D eigenvalue weighted by atomic mass is 10.2. The predicted molar refractivity (Wildman–Crippen MR) is 74.9 cm³/mol. The first-order valence-electron chi connectivity index (χ1n) is 6.09. The first-order valence-corrected chi connectivity index (χ1v) is 6.09. The zero-order chi connectivity index (χ0) is 14.1. The van der Waals surface area contributed by atoms with Crippen molar-refractivity contribution < 1.29 is 4.74 Å². The van der Waals surface area contributed by atoms with E-state index < -0.39 is 0 Å². The highest BCUT2D eigenvalue weighted by Gasteiger charge is 2.13. The van der Waals surface area contributed by atoms with Crippen LogP contribution in [0.3, 0.4) is 0 Å². The fourth-order valence-corrected chi connectivity index (χ4v) is 1.89. The third kappa shape index (κ3) is 2.03. The highest BCUT2D eigenvalue weighted by molar-refractivity contribution is 5.78. The molecule has 7 heteroatoms. The van der Waals surface area contributed by atoms with Crippen LogP contribution in [0.15, 0.2) is 30.6 Å². The second-order valence-electron chi connectivity index (χ2n) is 4.45. The molecule has 0 aliphatic rings. The molecular weight excluding hydrogens is 256 g/mol. The van der Waals surface area contributed by atoms with Gasteiger partial charge in [0.05, 0.1) is 24.5 Å². The number of rotatable bonds is 3. The maximum atomic E-state index is 5.24. The summed E-state index contributed by atoms with van der Waals surface area (Å²) < 4.78 is 6.80. The second-order valence-corrected chi connectivity index (χ2v) is 4.45. The van der Waals surface area contributed by atoms with Crippen LogP contribution >= 0.6 is 0 Å². The summed E-state index contributed by atoms with van der Waals surface area (Å²) in [5.74, 6) is 1.10. The van der Waals surface area contributed by atoms with Gasteiger partial charge in [-0.05, 0) is 12.1 Å². The van der Waals surface area contributed by atoms with E-state index in [0.717, 1.165) is 16.8 Å². The van der Waals surface area contributed by atoms with Crippen molar-refractivity contribution in [2.75, 3.05) is 26.1 Å². The van der Waals surface area contributed by atoms with E-state index in [-0.39, 0.29) is 0 Å². The zero-order valence-corrected chi connectivity index (χ0v) is 11.5. The molecule has 0 spiro atoms. The van der Waals surface area contributed by atoms with Crippen molar-refractivity contribution in [1.29, 1.82) is 0 Å². The topological polar surface area (TPSA) is 68.4 Å². The normalized spacial score (nSPS) is 10.8. The van der Waals surface area contributed by atoms with Crippen LogP contribution in [0, 0.1) is 0 Å². The molecule has 0 atom stereocenters. The second kappa shape index (κ2) is 4.76. The van der Waals surface area contributed by atoms with E-state index in [1.807, 2.05) is 31.1 Å². The highest BCUT2D eigenvalue weighted by atomic mass is 16.5. The Bertz CT molecular complexity index is 751. The molecule has 0 aliphatic heterocycles. The molecule has 0 fully saturated rings. The van der Waals surface area contributed by atoms with Gasteiger partial charge in [0.25, 0.3) is 0 Å². The van der Waals surface area contributed by atoms with Gasteiger partial charge in [0.15, 0.2) is 0 Å². The van der Waals surface area contributed by atoms with E-state index in [1.165, 1.54) is 0 Å². The summed E-state index contributed by atoms with van der Waals surface area (Å²) in [5.41, 5.74) is 2.53. The molecule has 0 aliphatic carbocycles. The van der Waals surface area contributed by atoms with Gasteiger partial charge in [-0.1, -0.05) is 0 Å². The number of fused-ring (bicyclic) bond motifs is 1. The molecule has 0 radical (unpaired) electrons. The lowest BCUT2D eigenvalue weighted by Crippen LogP contribution is -2.13. The Labute approximate surface area is 115 Å². The first-order chi connectivity index (χ1) is 9.69. The molecule has 3 aromatic heterocycles. The molecule has 3 aromatic rings. The Kier molecular flexibility index (Phi) is 2.94. The summed E-state index contributed by atoms with van der Waals surface area (Å²) in [7, 11) is 5.36. The molecule has 0 unspecified atom stereocenters. The van der Waals surface area contributed by atoms with Crippen molar-refractivity contribution >= 4 is 11.5 Å². The van der Waals surface area contributed by atoms with Crippen molar-refractivity contribution in [2.24, 2.45) is 0 Å². The summed E-state index contributed by atoms with van der Waals surface area (Å²) in [6.45, 7) is 0. The van der Waals surface area contributed by atoms with Crippen molar-refractivity contribution in [3.8, 4) is 17.1 Å². The summed E-state index contributed by atoms with van der Waals surface area (Å²) in [4.78, 5) is 10.6. The Morgan fingerprint density at radius 1 is 1.20 bits per heavy atom. The molecule has 102 valence electrons. The number of hydrogen-bond donors (Lipinski definition) is 0. The number of anilines is 1. The minimum Gasteiger partial charge on any atom is -0.481 e. The average Bonchev–Trinajstić information content (AvgIpc) is 2.90. The van der Waals surface area contributed by atoms with Crippen molar-refractivity contribution in [1.82, 2.24) is 24.8 Å². The quantitative estimate of drug-likeness (QED) is 0.713. The number of ether oxygens (including phenoxy) is 1. The molecule has 3 rings (SSSR count). The maximum Gasteiger partial charge on any atom is 0.228 e. The minimum atomic E-state index is 0.516. The molecule has 20 heavy (non-hydrogen) atoms. The molecule has 0 amide bonds. The van der Waals surface area contributed by atoms with E-state index >= 15 is 0 Å². The van der Waals surface area contributed by atoms with Gasteiger partial charge < -0.3 is 9.64 Å². The van der Waals surface area contributed by atoms with Crippen molar-refractivity contribution in [3.05, 3.63) is 30.6 Å². The summed E-state index contributed by atoms with van der Waals surface area (Å²) in [6.07, 6.45) is 3.43. The van der Waals surface area contributed by atoms with E-state index in [4.69, 9.17) is 4.74 Å². The molecule has 0 aromatic carbocycles. The minimum absolute atomic E-state index is 0.516. The van der Waals surface area contributed by atoms with Crippen LogP contribution in [-0.4, -0.2) is 46.0 Å². The molecular formula is C13H14N6O. The number of aromatic nitrogens is 5. The standard InChI is InChI=1S/C13H14N6O/c1-18(2)13-16-10(7-12(17-13)20-3)9-8-15-19-11(9)5-4-6-14-19/h4-8H,1-3H3. The fraction of sp³-hybridized carbons (Fsp3) is 0.231. The van der Waals surface area contributed by atoms with Gasteiger partial charge in [0.1, 0.15) is 0 Å². The predicted octanol–water partition coefficient (Wildman–Crippen LogP) is 1.26. The Hall–Kier alpha value is -2.70. The molecule has 0 N–H and O–H groups in total. The largest absolute Gasteiger partial charge is 0.481 e. The number of hydrogen-bond acceptors (Lipinski definition) is 6. The lowest BCUT2D eigenvalue weighted by Gasteiger charge is -2.12. The molecule has 0 saturated carbocycles. The van der Waals surface area contributed by atoms with Crippen LogP contribution in [0.1, 0.15) is 0 Å². The SMILES string of the molecule is COc1cc(-c2cnn3ncccc23)nc(N(C)C)n1. The van der Waals surface area contributed by atoms with Gasteiger partial charge in [-0.3, -0.25) is 0 Å². The van der Waals surface area contributed by atoms with Gasteiger partial charge in [-0.2, -0.15) is 19.8 Å². The van der Waals surface area contributed by atoms with E-state index in [1.54, 1.807) is 30.2 Å². The van der Waals surface area contributed by atoms with E-state index in [2.05, 4.69) is 20.2 Å². The fourth-order valence-electron chi connectivity index (χ4n) is 1.89. The van der Waals surface area contributed by atoms with Crippen LogP contribution in [0.25, 0.3) is 16.8 Å². The lowest BCUT2D eigenvalue weighted by molar-refractivity contribution is 0.397. The third-order valence-electron chi connectivity index (χ3n) is 2.88. The van der Waals surface area contributed by atoms with Gasteiger partial charge in [0, 0.05) is 31.9 Å². The van der Waals surface area contributed by atoms with Gasteiger partial charge in [-0.15, -0.1) is 0 Å². The van der Waals surface area contributed by atoms with Gasteiger partial charge >= 0.3 is 0 Å². The third-order valence-corrected chi connectivity index (χ3v) is 2.88. The Morgan fingerprint density at radius 3 is 2.80 bits per heavy atom. The summed E-state index contributed by atoms with van der Waals surface area (Å²) >= 11 is 0. The smallest absolute Gasteiger partial charge is 0.228 e. The van der Waals surface area contributed by atoms with Crippen molar-refractivity contribution in [2.45, 2.75) is 0 Å². The molecule has 0 saturated heterocycles. The first kappa shape index (κ1) is 12.3. The Morgan fingerprint density at radius 2 is 2.05 bits per heavy atom. The van der Waals surface area contributed by atoms with Crippen LogP contribution < -0.4 is 9.64 Å². The van der Waals surface area contributed by atoms with Crippen LogP contribution in [-0.2, 0) is 0 Å². The molecule has 0 bridgehead atoms. The van der Waals surface area contributed by atoms with Crippen LogP contribution in [0.5, 0.6) is 5.88 Å². The number of methoxy groups -OCH3 is 1. The van der Waals surface area contributed by atoms with E-state index in [9.17, 15) is 0 Å². The van der Waals surface area contributed by atoms with Gasteiger partial charge in [0.2, 0.25) is 11.8 Å². The monoisotopic (exact) mass is 270 g/mol. The van der Waals surface area contributed by atoms with Crippen LogP contribution in [0.2, 0.25) is 0 Å². The Balaban J connectivity index is 2.20. The van der Waals surface area contributed by atoms with E-state index in [0.29, 0.717) is 11.8 Å². The average molecular weight is 270 g/mol. The summed E-state index contributed by atoms with van der Waals surface area (Å²) in [5, 5.41) is 8.36. The zero-order valence-electron chi connectivity index (χ0n) is 11.5. The number of nitrogens with zero attached hydrogens (tertiary/aromatic N) is 6. The van der Waals surface area contributed by atoms with Crippen molar-refractivity contribution in [3.63, 3.8) is 0 Å². The van der Waals surface area contributed by atoms with Gasteiger partial charge in [-0.25, -0.2) is 4.98 Å². The summed E-state index contributed by atoms with van der Waals surface area (Å²) in [6, 6.07) is 5.60. The molecule has 7 nitrogen and oxygen atoms in total. The molecule has 3 heterocycles. The maximum absolute atomic E-state index is 5.24. The highest BCUT2D eigenvalue weighted by Crippen LogP contribution is 2.26.